The number of nitrogens with one attached hydrogen (secondary N) is 2. The van der Waals surface area contributed by atoms with E-state index in [0.29, 0.717) is 17.2 Å². The molecule has 1 heterocycles. The molecule has 1 saturated carbocycles. The van der Waals surface area contributed by atoms with Crippen LogP contribution >= 0.6 is 0 Å². The van der Waals surface area contributed by atoms with Gasteiger partial charge < -0.3 is 10.2 Å². The second-order valence-electron chi connectivity index (χ2n) is 8.11. The first-order valence-electron chi connectivity index (χ1n) is 10.7. The molecule has 0 saturated heterocycles. The van der Waals surface area contributed by atoms with Crippen LogP contribution in [0.1, 0.15) is 49.2 Å². The van der Waals surface area contributed by atoms with Crippen molar-refractivity contribution >= 4 is 33.2 Å². The highest BCUT2D eigenvalue weighted by Gasteiger charge is 2.25. The zero-order valence-electron chi connectivity index (χ0n) is 18.6. The van der Waals surface area contributed by atoms with Crippen molar-refractivity contribution in [1.29, 1.82) is 0 Å². The summed E-state index contributed by atoms with van der Waals surface area (Å²) < 4.78 is 26.9. The first-order valence-corrected chi connectivity index (χ1v) is 12.2. The largest absolute Gasteiger partial charge is 0.356 e. The SMILES string of the molecule is CCCN(CC1CC1)c1cc(C(=O)Nc2ccc(S(=O)(=O)NCC(C)=O)cc2C)ncn1. The Balaban J connectivity index is 1.73. The maximum Gasteiger partial charge on any atom is 0.274 e. The second kappa shape index (κ2) is 10.2. The van der Waals surface area contributed by atoms with E-state index in [0.717, 1.165) is 25.3 Å². The summed E-state index contributed by atoms with van der Waals surface area (Å²) >= 11 is 0. The fraction of sp³-hybridized carbons (Fsp3) is 0.455. The third kappa shape index (κ3) is 6.33. The number of hydrogen-bond acceptors (Lipinski definition) is 7. The van der Waals surface area contributed by atoms with E-state index in [9.17, 15) is 18.0 Å². The average molecular weight is 460 g/mol. The van der Waals surface area contributed by atoms with Gasteiger partial charge in [0.1, 0.15) is 23.6 Å². The smallest absolute Gasteiger partial charge is 0.274 e. The molecule has 1 aliphatic rings. The molecule has 0 bridgehead atoms. The van der Waals surface area contributed by atoms with Gasteiger partial charge in [-0.2, -0.15) is 0 Å². The third-order valence-electron chi connectivity index (χ3n) is 5.15. The topological polar surface area (TPSA) is 121 Å². The van der Waals surface area contributed by atoms with Crippen molar-refractivity contribution in [3.8, 4) is 0 Å². The standard InChI is InChI=1S/C22H29N5O4S/c1-4-9-27(13-17-5-6-17)21-11-20(23-14-24-21)22(29)26-19-8-7-18(10-15(19)2)32(30,31)25-12-16(3)28/h7-8,10-11,14,17,25H,4-6,9,12-13H2,1-3H3,(H,26,29). The quantitative estimate of drug-likeness (QED) is 0.529. The molecule has 1 aliphatic carbocycles. The predicted molar refractivity (Wildman–Crippen MR) is 122 cm³/mol. The van der Waals surface area contributed by atoms with E-state index in [1.807, 2.05) is 0 Å². The second-order valence-corrected chi connectivity index (χ2v) is 9.88. The summed E-state index contributed by atoms with van der Waals surface area (Å²) in [5.74, 6) is 0.739. The molecular weight excluding hydrogens is 430 g/mol. The van der Waals surface area contributed by atoms with E-state index >= 15 is 0 Å². The predicted octanol–water partition coefficient (Wildman–Crippen LogP) is 2.53. The van der Waals surface area contributed by atoms with Crippen LogP contribution in [0.15, 0.2) is 35.5 Å². The molecule has 32 heavy (non-hydrogen) atoms. The Morgan fingerprint density at radius 2 is 1.94 bits per heavy atom. The monoisotopic (exact) mass is 459 g/mol. The summed E-state index contributed by atoms with van der Waals surface area (Å²) in [7, 11) is -3.81. The summed E-state index contributed by atoms with van der Waals surface area (Å²) in [6.07, 6.45) is 4.83. The highest BCUT2D eigenvalue weighted by molar-refractivity contribution is 7.89. The van der Waals surface area contributed by atoms with E-state index in [-0.39, 0.29) is 22.9 Å². The molecule has 1 amide bonds. The van der Waals surface area contributed by atoms with Gasteiger partial charge in [0, 0.05) is 24.8 Å². The van der Waals surface area contributed by atoms with Gasteiger partial charge in [-0.1, -0.05) is 6.92 Å². The zero-order chi connectivity index (χ0) is 23.3. The van der Waals surface area contributed by atoms with Gasteiger partial charge in [-0.05, 0) is 62.8 Å². The summed E-state index contributed by atoms with van der Waals surface area (Å²) in [6, 6.07) is 6.04. The molecule has 0 radical (unpaired) electrons. The number of aromatic nitrogens is 2. The number of carbonyl (C=O) groups excluding carboxylic acids is 2. The number of sulfonamides is 1. The Morgan fingerprint density at radius 3 is 2.56 bits per heavy atom. The van der Waals surface area contributed by atoms with E-state index in [2.05, 4.69) is 31.8 Å². The fourth-order valence-corrected chi connectivity index (χ4v) is 4.37. The van der Waals surface area contributed by atoms with Crippen molar-refractivity contribution in [3.05, 3.63) is 41.9 Å². The molecule has 9 nitrogen and oxygen atoms in total. The highest BCUT2D eigenvalue weighted by Crippen LogP contribution is 2.31. The number of aryl methyl sites for hydroxylation is 1. The van der Waals surface area contributed by atoms with Gasteiger partial charge in [-0.15, -0.1) is 0 Å². The maximum absolute atomic E-state index is 12.8. The molecular formula is C22H29N5O4S. The van der Waals surface area contributed by atoms with E-state index in [1.54, 1.807) is 13.0 Å². The molecule has 0 spiro atoms. The minimum atomic E-state index is -3.81. The minimum Gasteiger partial charge on any atom is -0.356 e. The Kier molecular flexibility index (Phi) is 7.57. The van der Waals surface area contributed by atoms with Gasteiger partial charge in [0.2, 0.25) is 10.0 Å². The zero-order valence-corrected chi connectivity index (χ0v) is 19.4. The molecule has 1 aromatic heterocycles. The Morgan fingerprint density at radius 1 is 1.19 bits per heavy atom. The van der Waals surface area contributed by atoms with Crippen LogP contribution in [-0.2, 0) is 14.8 Å². The third-order valence-corrected chi connectivity index (χ3v) is 6.54. The van der Waals surface area contributed by atoms with Crippen LogP contribution in [0.4, 0.5) is 11.5 Å². The van der Waals surface area contributed by atoms with Crippen molar-refractivity contribution in [2.75, 3.05) is 29.9 Å². The van der Waals surface area contributed by atoms with Crippen molar-refractivity contribution in [1.82, 2.24) is 14.7 Å². The Labute approximate surface area is 188 Å². The van der Waals surface area contributed by atoms with E-state index < -0.39 is 15.9 Å². The van der Waals surface area contributed by atoms with Crippen LogP contribution in [-0.4, -0.2) is 49.7 Å². The molecule has 2 aromatic rings. The molecule has 1 aromatic carbocycles. The first-order chi connectivity index (χ1) is 15.2. The lowest BCUT2D eigenvalue weighted by Crippen LogP contribution is -2.28. The number of benzene rings is 1. The van der Waals surface area contributed by atoms with Gasteiger partial charge in [-0.25, -0.2) is 23.1 Å². The van der Waals surface area contributed by atoms with Crippen LogP contribution < -0.4 is 14.9 Å². The number of hydrogen-bond donors (Lipinski definition) is 2. The molecule has 172 valence electrons. The molecule has 0 unspecified atom stereocenters. The van der Waals surface area contributed by atoms with Crippen molar-refractivity contribution in [3.63, 3.8) is 0 Å². The number of amides is 1. The Bertz CT molecular complexity index is 1100. The number of carbonyl (C=O) groups is 2. The summed E-state index contributed by atoms with van der Waals surface area (Å²) in [4.78, 5) is 34.5. The van der Waals surface area contributed by atoms with Crippen molar-refractivity contribution in [2.45, 2.75) is 44.9 Å². The van der Waals surface area contributed by atoms with E-state index in [1.165, 1.54) is 44.3 Å². The van der Waals surface area contributed by atoms with Crippen molar-refractivity contribution in [2.24, 2.45) is 5.92 Å². The molecule has 2 N–H and O–H groups in total. The first kappa shape index (κ1) is 23.8. The minimum absolute atomic E-state index is 0.0221. The molecule has 0 aliphatic heterocycles. The van der Waals surface area contributed by atoms with Gasteiger partial charge >= 0.3 is 0 Å². The maximum atomic E-state index is 12.8. The van der Waals surface area contributed by atoms with Crippen LogP contribution in [0.5, 0.6) is 0 Å². The molecule has 1 fully saturated rings. The normalized spacial score (nSPS) is 13.6. The lowest BCUT2D eigenvalue weighted by atomic mass is 10.2. The number of ketones is 1. The van der Waals surface area contributed by atoms with Crippen LogP contribution in [0.3, 0.4) is 0 Å². The average Bonchev–Trinajstić information content (AvgIpc) is 3.57. The Hall–Kier alpha value is -2.85. The number of Topliss-reactive ketones (excluding diaryl/α,β-unsaturated/α-hetero) is 1. The fourth-order valence-electron chi connectivity index (χ4n) is 3.24. The summed E-state index contributed by atoms with van der Waals surface area (Å²) in [5, 5.41) is 2.79. The number of anilines is 2. The highest BCUT2D eigenvalue weighted by atomic mass is 32.2. The molecule has 10 heteroatoms. The summed E-state index contributed by atoms with van der Waals surface area (Å²) in [5.41, 5.74) is 1.29. The summed E-state index contributed by atoms with van der Waals surface area (Å²) in [6.45, 7) is 6.63. The molecule has 3 rings (SSSR count). The van der Waals surface area contributed by atoms with Crippen LogP contribution in [0, 0.1) is 12.8 Å². The number of rotatable bonds is 11. The van der Waals surface area contributed by atoms with Gasteiger partial charge in [0.05, 0.1) is 11.4 Å². The van der Waals surface area contributed by atoms with Gasteiger partial charge in [0.25, 0.3) is 5.91 Å². The lowest BCUT2D eigenvalue weighted by molar-refractivity contribution is -0.115. The molecule has 0 atom stereocenters. The van der Waals surface area contributed by atoms with E-state index in [4.69, 9.17) is 0 Å². The lowest BCUT2D eigenvalue weighted by Gasteiger charge is -2.23. The van der Waals surface area contributed by atoms with Crippen LogP contribution in [0.25, 0.3) is 0 Å². The van der Waals surface area contributed by atoms with Gasteiger partial charge in [-0.3, -0.25) is 9.59 Å². The number of nitrogens with zero attached hydrogens (tertiary/aromatic N) is 3. The van der Waals surface area contributed by atoms with Crippen molar-refractivity contribution < 1.29 is 18.0 Å². The van der Waals surface area contributed by atoms with Crippen LogP contribution in [0.2, 0.25) is 0 Å². The van der Waals surface area contributed by atoms with Gasteiger partial charge in [0.15, 0.2) is 0 Å².